The smallest absolute Gasteiger partial charge is 0.151 e. The Morgan fingerprint density at radius 2 is 2.06 bits per heavy atom. The molecule has 3 unspecified atom stereocenters. The lowest BCUT2D eigenvalue weighted by molar-refractivity contribution is 0.0843. The molecule has 94 valence electrons. The van der Waals surface area contributed by atoms with Crippen molar-refractivity contribution in [3.05, 3.63) is 0 Å². The van der Waals surface area contributed by atoms with Gasteiger partial charge in [-0.1, -0.05) is 0 Å². The second-order valence-electron chi connectivity index (χ2n) is 5.28. The molecular weight excluding hydrogens is 224 g/mol. The van der Waals surface area contributed by atoms with Gasteiger partial charge in [-0.15, -0.1) is 0 Å². The third kappa shape index (κ3) is 2.57. The standard InChI is InChI=1S/C11H22N2O2S/c1-9-2-3-10(6-12)7-13(9)11-4-5-16(14,15)8-11/h9-11H,2-8,12H2,1H3. The number of nitrogens with two attached hydrogens (primary N) is 1. The van der Waals surface area contributed by atoms with Crippen molar-refractivity contribution >= 4 is 9.84 Å². The number of likely N-dealkylation sites (tertiary alicyclic amines) is 1. The van der Waals surface area contributed by atoms with Crippen molar-refractivity contribution in [3.8, 4) is 0 Å². The molecule has 4 nitrogen and oxygen atoms in total. The first-order chi connectivity index (χ1) is 7.52. The Morgan fingerprint density at radius 1 is 1.31 bits per heavy atom. The van der Waals surface area contributed by atoms with Crippen LogP contribution in [0.5, 0.6) is 0 Å². The van der Waals surface area contributed by atoms with Gasteiger partial charge in [-0.2, -0.15) is 0 Å². The first-order valence-corrected chi connectivity index (χ1v) is 8.00. The summed E-state index contributed by atoms with van der Waals surface area (Å²) in [5, 5.41) is 0. The fourth-order valence-electron chi connectivity index (χ4n) is 2.95. The Kier molecular flexibility index (Phi) is 3.56. The van der Waals surface area contributed by atoms with Gasteiger partial charge in [0.05, 0.1) is 11.5 Å². The molecule has 2 aliphatic heterocycles. The van der Waals surface area contributed by atoms with Crippen LogP contribution in [0.4, 0.5) is 0 Å². The second kappa shape index (κ2) is 4.63. The predicted molar refractivity (Wildman–Crippen MR) is 65.0 cm³/mol. The summed E-state index contributed by atoms with van der Waals surface area (Å²) >= 11 is 0. The summed E-state index contributed by atoms with van der Waals surface area (Å²) < 4.78 is 23.0. The summed E-state index contributed by atoms with van der Waals surface area (Å²) in [7, 11) is -2.77. The summed E-state index contributed by atoms with van der Waals surface area (Å²) in [5.41, 5.74) is 5.72. The highest BCUT2D eigenvalue weighted by Gasteiger charge is 2.36. The fourth-order valence-corrected chi connectivity index (χ4v) is 4.69. The predicted octanol–water partition coefficient (Wildman–Crippen LogP) is 0.233. The highest BCUT2D eigenvalue weighted by molar-refractivity contribution is 7.91. The summed E-state index contributed by atoms with van der Waals surface area (Å²) in [6.07, 6.45) is 3.15. The lowest BCUT2D eigenvalue weighted by Gasteiger charge is -2.41. The van der Waals surface area contributed by atoms with Crippen LogP contribution in [0.3, 0.4) is 0 Å². The highest BCUT2D eigenvalue weighted by Crippen LogP contribution is 2.27. The zero-order valence-corrected chi connectivity index (χ0v) is 10.7. The minimum atomic E-state index is -2.77. The summed E-state index contributed by atoms with van der Waals surface area (Å²) in [4.78, 5) is 2.38. The molecule has 5 heteroatoms. The highest BCUT2D eigenvalue weighted by atomic mass is 32.2. The van der Waals surface area contributed by atoms with Gasteiger partial charge in [0.25, 0.3) is 0 Å². The molecule has 0 aromatic rings. The largest absolute Gasteiger partial charge is 0.330 e. The number of nitrogens with zero attached hydrogens (tertiary/aromatic N) is 1. The van der Waals surface area contributed by atoms with Crippen LogP contribution in [0.25, 0.3) is 0 Å². The van der Waals surface area contributed by atoms with Crippen molar-refractivity contribution in [2.75, 3.05) is 24.6 Å². The van der Waals surface area contributed by atoms with Crippen LogP contribution in [0.2, 0.25) is 0 Å². The van der Waals surface area contributed by atoms with Gasteiger partial charge in [-0.05, 0) is 38.6 Å². The maximum Gasteiger partial charge on any atom is 0.151 e. The Hall–Kier alpha value is -0.130. The van der Waals surface area contributed by atoms with Crippen molar-refractivity contribution in [3.63, 3.8) is 0 Å². The van der Waals surface area contributed by atoms with Gasteiger partial charge in [0.15, 0.2) is 9.84 Å². The van der Waals surface area contributed by atoms with Gasteiger partial charge in [0, 0.05) is 18.6 Å². The van der Waals surface area contributed by atoms with E-state index in [-0.39, 0.29) is 6.04 Å². The third-order valence-corrected chi connectivity index (χ3v) is 5.79. The van der Waals surface area contributed by atoms with Gasteiger partial charge in [-0.25, -0.2) is 8.42 Å². The molecule has 2 fully saturated rings. The van der Waals surface area contributed by atoms with Crippen molar-refractivity contribution < 1.29 is 8.42 Å². The molecule has 0 amide bonds. The maximum atomic E-state index is 11.5. The average molecular weight is 246 g/mol. The van der Waals surface area contributed by atoms with Crippen LogP contribution in [-0.4, -0.2) is 50.0 Å². The van der Waals surface area contributed by atoms with Crippen LogP contribution in [-0.2, 0) is 9.84 Å². The minimum absolute atomic E-state index is 0.245. The molecule has 0 saturated carbocycles. The maximum absolute atomic E-state index is 11.5. The van der Waals surface area contributed by atoms with Gasteiger partial charge in [0.2, 0.25) is 0 Å². The molecule has 0 aromatic carbocycles. The number of hydrogen-bond donors (Lipinski definition) is 1. The Labute approximate surface area is 98.1 Å². The molecule has 0 spiro atoms. The first-order valence-electron chi connectivity index (χ1n) is 6.18. The third-order valence-electron chi connectivity index (χ3n) is 4.04. The minimum Gasteiger partial charge on any atom is -0.330 e. The molecule has 2 heterocycles. The Bertz CT molecular complexity index is 342. The number of rotatable bonds is 2. The van der Waals surface area contributed by atoms with Crippen LogP contribution in [0.15, 0.2) is 0 Å². The van der Waals surface area contributed by atoms with E-state index < -0.39 is 9.84 Å². The Balaban J connectivity index is 2.02. The molecule has 16 heavy (non-hydrogen) atoms. The fraction of sp³-hybridized carbons (Fsp3) is 1.00. The first kappa shape index (κ1) is 12.3. The SMILES string of the molecule is CC1CCC(CN)CN1C1CCS(=O)(=O)C1. The number of sulfone groups is 1. The van der Waals surface area contributed by atoms with Crippen molar-refractivity contribution in [2.45, 2.75) is 38.3 Å². The molecule has 0 aromatic heterocycles. The molecule has 3 atom stereocenters. The number of piperidine rings is 1. The summed E-state index contributed by atoms with van der Waals surface area (Å²) in [5.74, 6) is 1.28. The van der Waals surface area contributed by atoms with E-state index in [4.69, 9.17) is 5.73 Å². The van der Waals surface area contributed by atoms with E-state index in [0.29, 0.717) is 23.5 Å². The Morgan fingerprint density at radius 3 is 2.62 bits per heavy atom. The molecule has 0 bridgehead atoms. The van der Waals surface area contributed by atoms with Crippen LogP contribution in [0.1, 0.15) is 26.2 Å². The lowest BCUT2D eigenvalue weighted by Crippen LogP contribution is -2.49. The van der Waals surface area contributed by atoms with Crippen LogP contribution < -0.4 is 5.73 Å². The lowest BCUT2D eigenvalue weighted by atomic mass is 9.92. The summed E-state index contributed by atoms with van der Waals surface area (Å²) in [6, 6.07) is 0.760. The topological polar surface area (TPSA) is 63.4 Å². The van der Waals surface area contributed by atoms with Crippen LogP contribution in [0, 0.1) is 5.92 Å². The average Bonchev–Trinajstić information content (AvgIpc) is 2.59. The van der Waals surface area contributed by atoms with Crippen LogP contribution >= 0.6 is 0 Å². The second-order valence-corrected chi connectivity index (χ2v) is 7.51. The van der Waals surface area contributed by atoms with E-state index in [1.807, 2.05) is 0 Å². The number of hydrogen-bond acceptors (Lipinski definition) is 4. The van der Waals surface area contributed by atoms with Crippen molar-refractivity contribution in [2.24, 2.45) is 11.7 Å². The van der Waals surface area contributed by atoms with Crippen molar-refractivity contribution in [1.29, 1.82) is 0 Å². The molecule has 2 saturated heterocycles. The van der Waals surface area contributed by atoms with E-state index in [9.17, 15) is 8.42 Å². The van der Waals surface area contributed by atoms with E-state index in [2.05, 4.69) is 11.8 Å². The molecule has 0 radical (unpaired) electrons. The van der Waals surface area contributed by atoms with E-state index >= 15 is 0 Å². The molecule has 2 rings (SSSR count). The van der Waals surface area contributed by atoms with Gasteiger partial charge < -0.3 is 5.73 Å². The zero-order chi connectivity index (χ0) is 11.8. The van der Waals surface area contributed by atoms with E-state index in [0.717, 1.165) is 25.9 Å². The van der Waals surface area contributed by atoms with Gasteiger partial charge in [-0.3, -0.25) is 4.90 Å². The summed E-state index contributed by atoms with van der Waals surface area (Å²) in [6.45, 7) is 3.91. The van der Waals surface area contributed by atoms with Crippen molar-refractivity contribution in [1.82, 2.24) is 4.90 Å². The monoisotopic (exact) mass is 246 g/mol. The molecule has 2 N–H and O–H groups in total. The van der Waals surface area contributed by atoms with E-state index in [1.165, 1.54) is 6.42 Å². The molecule has 0 aliphatic carbocycles. The normalized spacial score (nSPS) is 40.0. The molecule has 2 aliphatic rings. The quantitative estimate of drug-likeness (QED) is 0.758. The molecular formula is C11H22N2O2S. The van der Waals surface area contributed by atoms with Gasteiger partial charge in [0.1, 0.15) is 0 Å². The van der Waals surface area contributed by atoms with E-state index in [1.54, 1.807) is 0 Å². The zero-order valence-electron chi connectivity index (χ0n) is 9.93. The van der Waals surface area contributed by atoms with Gasteiger partial charge >= 0.3 is 0 Å².